The second-order valence-electron chi connectivity index (χ2n) is 4.37. The molecule has 0 aliphatic rings. The van der Waals surface area contributed by atoms with Gasteiger partial charge in [-0.1, -0.05) is 29.3 Å². The van der Waals surface area contributed by atoms with Crippen molar-refractivity contribution in [3.05, 3.63) is 62.6 Å². The molecule has 3 nitrogen and oxygen atoms in total. The van der Waals surface area contributed by atoms with Gasteiger partial charge in [0.2, 0.25) is 5.91 Å². The minimum atomic E-state index is -0.273. The first-order valence-electron chi connectivity index (χ1n) is 6.26. The van der Waals surface area contributed by atoms with Crippen molar-refractivity contribution in [3.8, 4) is 5.75 Å². The summed E-state index contributed by atoms with van der Waals surface area (Å²) in [6, 6.07) is 10.4. The Bertz CT molecular complexity index is 712. The van der Waals surface area contributed by atoms with E-state index in [0.717, 1.165) is 15.8 Å². The Labute approximate surface area is 147 Å². The fourth-order valence-electron chi connectivity index (χ4n) is 1.77. The monoisotopic (exact) mass is 399 g/mol. The Morgan fingerprint density at radius 2 is 1.86 bits per heavy atom. The minimum Gasteiger partial charge on any atom is -0.496 e. The normalized spacial score (nSPS) is 10.7. The Balaban J connectivity index is 2.06. The summed E-state index contributed by atoms with van der Waals surface area (Å²) in [5.74, 6) is 0.459. The van der Waals surface area contributed by atoms with E-state index in [1.54, 1.807) is 31.4 Å². The van der Waals surface area contributed by atoms with Crippen molar-refractivity contribution < 1.29 is 9.53 Å². The predicted molar refractivity (Wildman–Crippen MR) is 94.8 cm³/mol. The zero-order valence-corrected chi connectivity index (χ0v) is 14.7. The molecule has 0 fully saturated rings. The van der Waals surface area contributed by atoms with Crippen molar-refractivity contribution in [3.63, 3.8) is 0 Å². The van der Waals surface area contributed by atoms with Crippen LogP contribution in [0.4, 0.5) is 5.69 Å². The van der Waals surface area contributed by atoms with Crippen molar-refractivity contribution >= 4 is 56.8 Å². The van der Waals surface area contributed by atoms with Crippen LogP contribution in [-0.2, 0) is 4.79 Å². The van der Waals surface area contributed by atoms with E-state index in [2.05, 4.69) is 21.2 Å². The SMILES string of the molecule is COc1ccc(/C=C/C(=O)Nc2cc(Cl)cc(Cl)c2)cc1Br. The number of halogens is 3. The number of benzene rings is 2. The van der Waals surface area contributed by atoms with Gasteiger partial charge in [0.05, 0.1) is 11.6 Å². The second-order valence-corrected chi connectivity index (χ2v) is 6.10. The zero-order valence-electron chi connectivity index (χ0n) is 11.6. The van der Waals surface area contributed by atoms with Crippen LogP contribution in [0.3, 0.4) is 0 Å². The number of hydrogen-bond acceptors (Lipinski definition) is 2. The Morgan fingerprint density at radius 1 is 1.18 bits per heavy atom. The fraction of sp³-hybridized carbons (Fsp3) is 0.0625. The van der Waals surface area contributed by atoms with Crippen LogP contribution in [-0.4, -0.2) is 13.0 Å². The summed E-state index contributed by atoms with van der Waals surface area (Å²) in [6.45, 7) is 0. The molecule has 0 aromatic heterocycles. The lowest BCUT2D eigenvalue weighted by Crippen LogP contribution is -2.07. The molecule has 2 rings (SSSR count). The first-order chi connectivity index (χ1) is 10.5. The standard InChI is InChI=1S/C16H12BrCl2NO2/c1-22-15-4-2-10(6-14(15)17)3-5-16(21)20-13-8-11(18)7-12(19)9-13/h2-9H,1H3,(H,20,21)/b5-3+. The van der Waals surface area contributed by atoms with E-state index in [1.807, 2.05) is 18.2 Å². The zero-order chi connectivity index (χ0) is 16.1. The number of methoxy groups -OCH3 is 1. The third-order valence-corrected chi connectivity index (χ3v) is 3.79. The van der Waals surface area contributed by atoms with Gasteiger partial charge in [-0.2, -0.15) is 0 Å². The van der Waals surface area contributed by atoms with Gasteiger partial charge in [-0.05, 0) is 57.9 Å². The summed E-state index contributed by atoms with van der Waals surface area (Å²) >= 11 is 15.2. The number of ether oxygens (including phenoxy) is 1. The van der Waals surface area contributed by atoms with Crippen molar-refractivity contribution in [1.82, 2.24) is 0 Å². The number of carbonyl (C=O) groups excluding carboxylic acids is 1. The van der Waals surface area contributed by atoms with E-state index in [0.29, 0.717) is 15.7 Å². The van der Waals surface area contributed by atoms with Crippen LogP contribution in [0.1, 0.15) is 5.56 Å². The number of amides is 1. The lowest BCUT2D eigenvalue weighted by Gasteiger charge is -2.04. The van der Waals surface area contributed by atoms with E-state index >= 15 is 0 Å². The van der Waals surface area contributed by atoms with Gasteiger partial charge in [0.25, 0.3) is 0 Å². The van der Waals surface area contributed by atoms with Crippen LogP contribution in [0, 0.1) is 0 Å². The summed E-state index contributed by atoms with van der Waals surface area (Å²) in [7, 11) is 1.60. The summed E-state index contributed by atoms with van der Waals surface area (Å²) in [6.07, 6.45) is 3.13. The molecule has 0 saturated carbocycles. The average Bonchev–Trinajstić information content (AvgIpc) is 2.44. The molecule has 6 heteroatoms. The molecule has 0 aliphatic heterocycles. The van der Waals surface area contributed by atoms with E-state index in [4.69, 9.17) is 27.9 Å². The summed E-state index contributed by atoms with van der Waals surface area (Å²) in [5, 5.41) is 3.63. The summed E-state index contributed by atoms with van der Waals surface area (Å²) < 4.78 is 5.97. The van der Waals surface area contributed by atoms with Gasteiger partial charge >= 0.3 is 0 Å². The smallest absolute Gasteiger partial charge is 0.248 e. The van der Waals surface area contributed by atoms with E-state index < -0.39 is 0 Å². The molecule has 1 amide bonds. The Morgan fingerprint density at radius 3 is 2.45 bits per heavy atom. The molecule has 114 valence electrons. The number of carbonyl (C=O) groups is 1. The third-order valence-electron chi connectivity index (χ3n) is 2.73. The van der Waals surface area contributed by atoms with E-state index in [9.17, 15) is 4.79 Å². The number of rotatable bonds is 4. The molecule has 22 heavy (non-hydrogen) atoms. The van der Waals surface area contributed by atoms with Gasteiger partial charge in [0.15, 0.2) is 0 Å². The predicted octanol–water partition coefficient (Wildman–Crippen LogP) is 5.42. The molecule has 1 N–H and O–H groups in total. The maximum Gasteiger partial charge on any atom is 0.248 e. The molecular formula is C16H12BrCl2NO2. The van der Waals surface area contributed by atoms with Crippen LogP contribution >= 0.6 is 39.1 Å². The highest BCUT2D eigenvalue weighted by molar-refractivity contribution is 9.10. The van der Waals surface area contributed by atoms with Gasteiger partial charge in [-0.15, -0.1) is 0 Å². The molecule has 0 saturated heterocycles. The van der Waals surface area contributed by atoms with E-state index in [-0.39, 0.29) is 5.91 Å². The van der Waals surface area contributed by atoms with Gasteiger partial charge in [0, 0.05) is 21.8 Å². The van der Waals surface area contributed by atoms with Crippen LogP contribution < -0.4 is 10.1 Å². The topological polar surface area (TPSA) is 38.3 Å². The highest BCUT2D eigenvalue weighted by Gasteiger charge is 2.02. The van der Waals surface area contributed by atoms with Gasteiger partial charge in [0.1, 0.15) is 5.75 Å². The molecule has 0 unspecified atom stereocenters. The molecule has 2 aromatic rings. The number of anilines is 1. The highest BCUT2D eigenvalue weighted by atomic mass is 79.9. The molecule has 0 aliphatic carbocycles. The quantitative estimate of drug-likeness (QED) is 0.696. The summed E-state index contributed by atoms with van der Waals surface area (Å²) in [4.78, 5) is 11.9. The lowest BCUT2D eigenvalue weighted by molar-refractivity contribution is -0.111. The minimum absolute atomic E-state index is 0.273. The van der Waals surface area contributed by atoms with Crippen LogP contribution in [0.15, 0.2) is 46.9 Å². The average molecular weight is 401 g/mol. The fourth-order valence-corrected chi connectivity index (χ4v) is 2.85. The number of nitrogens with one attached hydrogen (secondary N) is 1. The van der Waals surface area contributed by atoms with Crippen molar-refractivity contribution in [1.29, 1.82) is 0 Å². The van der Waals surface area contributed by atoms with Crippen LogP contribution in [0.2, 0.25) is 10.0 Å². The second kappa shape index (κ2) is 7.68. The first kappa shape index (κ1) is 16.9. The molecular weight excluding hydrogens is 389 g/mol. The van der Waals surface area contributed by atoms with Crippen molar-refractivity contribution in [2.45, 2.75) is 0 Å². The van der Waals surface area contributed by atoms with Crippen molar-refractivity contribution in [2.24, 2.45) is 0 Å². The molecule has 0 bridgehead atoms. The van der Waals surface area contributed by atoms with Gasteiger partial charge in [-0.25, -0.2) is 0 Å². The van der Waals surface area contributed by atoms with Crippen LogP contribution in [0.5, 0.6) is 5.75 Å². The highest BCUT2D eigenvalue weighted by Crippen LogP contribution is 2.26. The Kier molecular flexibility index (Phi) is 5.89. The molecule has 0 radical (unpaired) electrons. The Hall–Kier alpha value is -1.49. The first-order valence-corrected chi connectivity index (χ1v) is 7.81. The third kappa shape index (κ3) is 4.77. The number of hydrogen-bond donors (Lipinski definition) is 1. The van der Waals surface area contributed by atoms with Crippen LogP contribution in [0.25, 0.3) is 6.08 Å². The van der Waals surface area contributed by atoms with Crippen molar-refractivity contribution in [2.75, 3.05) is 12.4 Å². The molecule has 0 spiro atoms. The maximum atomic E-state index is 11.9. The lowest BCUT2D eigenvalue weighted by atomic mass is 10.2. The maximum absolute atomic E-state index is 11.9. The summed E-state index contributed by atoms with van der Waals surface area (Å²) in [5.41, 5.74) is 1.41. The molecule has 0 heterocycles. The van der Waals surface area contributed by atoms with E-state index in [1.165, 1.54) is 6.08 Å². The van der Waals surface area contributed by atoms with Gasteiger partial charge in [-0.3, -0.25) is 4.79 Å². The van der Waals surface area contributed by atoms with Gasteiger partial charge < -0.3 is 10.1 Å². The molecule has 2 aromatic carbocycles. The largest absolute Gasteiger partial charge is 0.496 e. The molecule has 0 atom stereocenters.